The summed E-state index contributed by atoms with van der Waals surface area (Å²) in [5, 5.41) is 13.1. The van der Waals surface area contributed by atoms with Crippen LogP contribution in [0.4, 0.5) is 13.2 Å². The van der Waals surface area contributed by atoms with E-state index in [1.807, 2.05) is 6.07 Å². The molecule has 0 aromatic heterocycles. The highest BCUT2D eigenvalue weighted by Crippen LogP contribution is 2.37. The molecule has 0 radical (unpaired) electrons. The minimum Gasteiger partial charge on any atom is -0.336 e. The molecule has 1 amide bonds. The number of benzene rings is 1. The number of nitriles is 1. The summed E-state index contributed by atoms with van der Waals surface area (Å²) in [4.78, 5) is 11.4. The van der Waals surface area contributed by atoms with Crippen molar-refractivity contribution in [1.82, 2.24) is 10.6 Å². The Morgan fingerprint density at radius 2 is 1.93 bits per heavy atom. The molecule has 0 unspecified atom stereocenters. The third kappa shape index (κ3) is 4.20. The first-order valence-electron chi connectivity index (χ1n) is 7.96. The zero-order valence-electron chi connectivity index (χ0n) is 13.9. The Hall–Kier alpha value is -1.83. The summed E-state index contributed by atoms with van der Waals surface area (Å²) in [5.41, 5.74) is -2.10. The largest absolute Gasteiger partial charge is 0.417 e. The van der Waals surface area contributed by atoms with Crippen LogP contribution in [0, 0.1) is 11.3 Å². The molecule has 1 aromatic carbocycles. The number of alkyl halides is 3. The average molecular weight is 424 g/mol. The van der Waals surface area contributed by atoms with E-state index in [2.05, 4.69) is 10.6 Å². The molecule has 1 aromatic rings. The summed E-state index contributed by atoms with van der Waals surface area (Å²) >= 11 is 0. The first-order valence-corrected chi connectivity index (χ1v) is 9.50. The molecule has 0 bridgehead atoms. The molecule has 148 valence electrons. The van der Waals surface area contributed by atoms with Crippen molar-refractivity contribution in [3.8, 4) is 6.07 Å². The van der Waals surface area contributed by atoms with Crippen LogP contribution < -0.4 is 10.6 Å². The van der Waals surface area contributed by atoms with Crippen molar-refractivity contribution in [2.45, 2.75) is 47.2 Å². The highest BCUT2D eigenvalue weighted by atomic mass is 35.5. The number of hydrogen-bond acceptors (Lipinski definition) is 5. The van der Waals surface area contributed by atoms with Gasteiger partial charge in [0.05, 0.1) is 27.8 Å². The molecule has 1 aliphatic heterocycles. The number of hydrogen-bond donors (Lipinski definition) is 2. The Morgan fingerprint density at radius 3 is 2.48 bits per heavy atom. The fourth-order valence-electron chi connectivity index (χ4n) is 2.98. The van der Waals surface area contributed by atoms with Crippen molar-refractivity contribution in [3.63, 3.8) is 0 Å². The molecule has 27 heavy (non-hydrogen) atoms. The molecule has 0 spiro atoms. The maximum Gasteiger partial charge on any atom is 0.417 e. The highest BCUT2D eigenvalue weighted by molar-refractivity contribution is 7.92. The number of amides is 1. The van der Waals surface area contributed by atoms with Crippen molar-refractivity contribution in [3.05, 3.63) is 29.8 Å². The van der Waals surface area contributed by atoms with E-state index in [9.17, 15) is 26.4 Å². The highest BCUT2D eigenvalue weighted by Gasteiger charge is 2.48. The van der Waals surface area contributed by atoms with Gasteiger partial charge in [-0.15, -0.1) is 12.4 Å². The number of halogens is 4. The standard InChI is InChI=1S/C16H16F3N3O3S.ClH/c17-16(18,19)11-3-1-2-4-13(11)26(24,25)10-7-12(21-8-10)14(23)22-15(9-20)5-6-15;/h1-4,10,12,21H,5-8H2,(H,22,23);1H/t10-,12+;/m1./s1. The van der Waals surface area contributed by atoms with Gasteiger partial charge in [0.1, 0.15) is 5.54 Å². The molecule has 2 aliphatic rings. The predicted molar refractivity (Wildman–Crippen MR) is 91.8 cm³/mol. The lowest BCUT2D eigenvalue weighted by molar-refractivity contribution is -0.139. The van der Waals surface area contributed by atoms with Gasteiger partial charge in [0, 0.05) is 6.54 Å². The fraction of sp³-hybridized carbons (Fsp3) is 0.500. The molecule has 3 rings (SSSR count). The second-order valence-electron chi connectivity index (χ2n) is 6.54. The van der Waals surface area contributed by atoms with Crippen LogP contribution >= 0.6 is 12.4 Å². The lowest BCUT2D eigenvalue weighted by atomic mass is 10.2. The van der Waals surface area contributed by atoms with Gasteiger partial charge in [-0.05, 0) is 31.4 Å². The number of carbonyl (C=O) groups is 1. The number of sulfone groups is 1. The van der Waals surface area contributed by atoms with Gasteiger partial charge in [-0.2, -0.15) is 18.4 Å². The van der Waals surface area contributed by atoms with Crippen LogP contribution in [0.2, 0.25) is 0 Å². The number of carbonyl (C=O) groups excluding carboxylic acids is 1. The van der Waals surface area contributed by atoms with Gasteiger partial charge >= 0.3 is 6.18 Å². The zero-order valence-corrected chi connectivity index (χ0v) is 15.5. The molecule has 1 heterocycles. The van der Waals surface area contributed by atoms with Crippen LogP contribution in [0.5, 0.6) is 0 Å². The van der Waals surface area contributed by atoms with Crippen LogP contribution in [0.25, 0.3) is 0 Å². The van der Waals surface area contributed by atoms with Gasteiger partial charge in [0.2, 0.25) is 5.91 Å². The first-order chi connectivity index (χ1) is 12.1. The lowest BCUT2D eigenvalue weighted by Crippen LogP contribution is -2.45. The summed E-state index contributed by atoms with van der Waals surface area (Å²) in [6.45, 7) is -0.133. The van der Waals surface area contributed by atoms with E-state index in [1.54, 1.807) is 0 Å². The lowest BCUT2D eigenvalue weighted by Gasteiger charge is -2.17. The molecule has 2 fully saturated rings. The summed E-state index contributed by atoms with van der Waals surface area (Å²) < 4.78 is 64.8. The summed E-state index contributed by atoms with van der Waals surface area (Å²) in [6, 6.07) is 5.15. The predicted octanol–water partition coefficient (Wildman–Crippen LogP) is 1.80. The third-order valence-electron chi connectivity index (χ3n) is 4.67. The second-order valence-corrected chi connectivity index (χ2v) is 8.74. The first kappa shape index (κ1) is 21.5. The number of nitrogens with zero attached hydrogens (tertiary/aromatic N) is 1. The van der Waals surface area contributed by atoms with Crippen molar-refractivity contribution in [1.29, 1.82) is 5.26 Å². The van der Waals surface area contributed by atoms with E-state index in [0.717, 1.165) is 18.2 Å². The monoisotopic (exact) mass is 423 g/mol. The van der Waals surface area contributed by atoms with Crippen LogP contribution in [0.15, 0.2) is 29.2 Å². The molecule has 2 N–H and O–H groups in total. The number of rotatable bonds is 4. The van der Waals surface area contributed by atoms with Crippen LogP contribution in [-0.2, 0) is 20.8 Å². The maximum absolute atomic E-state index is 13.1. The van der Waals surface area contributed by atoms with Crippen molar-refractivity contribution in [2.75, 3.05) is 6.54 Å². The van der Waals surface area contributed by atoms with Gasteiger partial charge in [0.25, 0.3) is 0 Å². The minimum atomic E-state index is -4.79. The smallest absolute Gasteiger partial charge is 0.336 e. The van der Waals surface area contributed by atoms with E-state index in [-0.39, 0.29) is 25.4 Å². The zero-order chi connectivity index (χ0) is 19.2. The normalized spacial score (nSPS) is 23.8. The minimum absolute atomic E-state index is 0. The van der Waals surface area contributed by atoms with Gasteiger partial charge < -0.3 is 10.6 Å². The average Bonchev–Trinajstić information content (AvgIpc) is 3.17. The fourth-order valence-corrected chi connectivity index (χ4v) is 4.86. The summed E-state index contributed by atoms with van der Waals surface area (Å²) in [5.74, 6) is -0.508. The number of nitrogens with one attached hydrogen (secondary N) is 2. The van der Waals surface area contributed by atoms with E-state index in [4.69, 9.17) is 5.26 Å². The molecule has 1 saturated carbocycles. The van der Waals surface area contributed by atoms with Crippen LogP contribution in [0.1, 0.15) is 24.8 Å². The topological polar surface area (TPSA) is 99.1 Å². The van der Waals surface area contributed by atoms with Crippen molar-refractivity contribution >= 4 is 28.2 Å². The van der Waals surface area contributed by atoms with Gasteiger partial charge in [0.15, 0.2) is 9.84 Å². The van der Waals surface area contributed by atoms with Gasteiger partial charge in [-0.1, -0.05) is 12.1 Å². The Morgan fingerprint density at radius 1 is 1.30 bits per heavy atom. The second kappa shape index (κ2) is 7.30. The van der Waals surface area contributed by atoms with Gasteiger partial charge in [-0.3, -0.25) is 4.79 Å². The molecule has 1 saturated heterocycles. The summed E-state index contributed by atoms with van der Waals surface area (Å²) in [7, 11) is -4.28. The van der Waals surface area contributed by atoms with E-state index in [0.29, 0.717) is 12.8 Å². The summed E-state index contributed by atoms with van der Waals surface area (Å²) in [6.07, 6.45) is -3.88. The van der Waals surface area contributed by atoms with Gasteiger partial charge in [-0.25, -0.2) is 8.42 Å². The van der Waals surface area contributed by atoms with Crippen LogP contribution in [-0.4, -0.2) is 37.7 Å². The van der Waals surface area contributed by atoms with Crippen LogP contribution in [0.3, 0.4) is 0 Å². The molecular formula is C16H17ClF3N3O3S. The molecule has 6 nitrogen and oxygen atoms in total. The Kier molecular flexibility index (Phi) is 5.80. The van der Waals surface area contributed by atoms with E-state index in [1.165, 1.54) is 6.07 Å². The Balaban J connectivity index is 0.00000261. The maximum atomic E-state index is 13.1. The van der Waals surface area contributed by atoms with E-state index < -0.39 is 49.2 Å². The van der Waals surface area contributed by atoms with Crippen molar-refractivity contribution < 1.29 is 26.4 Å². The molecule has 1 aliphatic carbocycles. The van der Waals surface area contributed by atoms with E-state index >= 15 is 0 Å². The molecule has 11 heteroatoms. The SMILES string of the molecule is Cl.N#CC1(NC(=O)[C@@H]2C[C@@H](S(=O)(=O)c3ccccc3C(F)(F)F)CN2)CC1. The Bertz CT molecular complexity index is 879. The Labute approximate surface area is 160 Å². The van der Waals surface area contributed by atoms with Crippen molar-refractivity contribution in [2.24, 2.45) is 0 Å². The quantitative estimate of drug-likeness (QED) is 0.769. The molecular weight excluding hydrogens is 407 g/mol. The third-order valence-corrected chi connectivity index (χ3v) is 6.88. The molecule has 2 atom stereocenters.